The molecule has 1 aliphatic rings. The Hall–Kier alpha value is -6.39. The van der Waals surface area contributed by atoms with Crippen LogP contribution in [-0.4, -0.2) is 20.7 Å². The molecule has 1 unspecified atom stereocenters. The van der Waals surface area contributed by atoms with Crippen LogP contribution < -0.4 is 0 Å². The monoisotopic (exact) mass is 658 g/mol. The number of fused-ring (bicyclic) bond motifs is 4. The Balaban J connectivity index is 1.10. The van der Waals surface area contributed by atoms with Crippen LogP contribution in [0.2, 0.25) is 0 Å². The second kappa shape index (κ2) is 14.2. The van der Waals surface area contributed by atoms with Gasteiger partial charge in [-0.1, -0.05) is 103 Å². The van der Waals surface area contributed by atoms with Crippen molar-refractivity contribution >= 4 is 50.4 Å². The highest BCUT2D eigenvalue weighted by molar-refractivity contribution is 6.13. The molecule has 0 bridgehead atoms. The van der Waals surface area contributed by atoms with Gasteiger partial charge in [-0.15, -0.1) is 0 Å². The highest BCUT2D eigenvalue weighted by Gasteiger charge is 2.17. The fourth-order valence-electron chi connectivity index (χ4n) is 7.32. The molecule has 0 aliphatic heterocycles. The smallest absolute Gasteiger partial charge is 0.0571 e. The Morgan fingerprint density at radius 2 is 1.71 bits per heavy atom. The van der Waals surface area contributed by atoms with Gasteiger partial charge in [-0.3, -0.25) is 9.97 Å². The average Bonchev–Trinajstić information content (AvgIpc) is 3.52. The molecule has 0 saturated carbocycles. The van der Waals surface area contributed by atoms with Crippen LogP contribution in [0.25, 0.3) is 61.0 Å². The maximum Gasteiger partial charge on any atom is 0.0571 e. The first-order chi connectivity index (χ1) is 25.2. The van der Waals surface area contributed by atoms with E-state index in [9.17, 15) is 0 Å². The highest BCUT2D eigenvalue weighted by atomic mass is 15.0. The summed E-state index contributed by atoms with van der Waals surface area (Å²) in [6.45, 7) is 2.04. The molecular formula is C47H38N4. The summed E-state index contributed by atoms with van der Waals surface area (Å²) in [4.78, 5) is 9.09. The van der Waals surface area contributed by atoms with E-state index in [0.717, 1.165) is 61.7 Å². The summed E-state index contributed by atoms with van der Waals surface area (Å²) in [6, 6.07) is 32.4. The molecule has 0 amide bonds. The number of pyridine rings is 2. The third kappa shape index (κ3) is 6.28. The molecule has 4 aromatic carbocycles. The summed E-state index contributed by atoms with van der Waals surface area (Å²) in [5, 5.41) is 13.1. The second-order valence-electron chi connectivity index (χ2n) is 12.9. The molecule has 4 heteroatoms. The molecule has 3 heterocycles. The molecule has 246 valence electrons. The van der Waals surface area contributed by atoms with Crippen LogP contribution in [0.1, 0.15) is 41.5 Å². The van der Waals surface area contributed by atoms with Crippen molar-refractivity contribution in [1.82, 2.24) is 14.5 Å². The van der Waals surface area contributed by atoms with Crippen LogP contribution in [0.5, 0.6) is 0 Å². The number of aromatic nitrogens is 3. The summed E-state index contributed by atoms with van der Waals surface area (Å²) >= 11 is 0. The van der Waals surface area contributed by atoms with Crippen LogP contribution in [0.15, 0.2) is 164 Å². The van der Waals surface area contributed by atoms with Crippen molar-refractivity contribution in [2.24, 2.45) is 0 Å². The Morgan fingerprint density at radius 1 is 0.804 bits per heavy atom. The van der Waals surface area contributed by atoms with E-state index >= 15 is 0 Å². The lowest BCUT2D eigenvalue weighted by Crippen LogP contribution is -2.01. The highest BCUT2D eigenvalue weighted by Crippen LogP contribution is 2.37. The van der Waals surface area contributed by atoms with E-state index in [2.05, 4.69) is 154 Å². The van der Waals surface area contributed by atoms with Gasteiger partial charge in [0.15, 0.2) is 0 Å². The van der Waals surface area contributed by atoms with Crippen molar-refractivity contribution in [3.8, 4) is 16.8 Å². The van der Waals surface area contributed by atoms with Gasteiger partial charge in [-0.2, -0.15) is 0 Å². The number of hydrogen-bond donors (Lipinski definition) is 1. The fourth-order valence-corrected chi connectivity index (χ4v) is 7.32. The van der Waals surface area contributed by atoms with Crippen molar-refractivity contribution in [3.63, 3.8) is 0 Å². The van der Waals surface area contributed by atoms with E-state index in [1.807, 2.05) is 37.8 Å². The maximum atomic E-state index is 8.34. The Bertz CT molecular complexity index is 2560. The van der Waals surface area contributed by atoms with E-state index < -0.39 is 0 Å². The summed E-state index contributed by atoms with van der Waals surface area (Å²) < 4.78 is 2.28. The first kappa shape index (κ1) is 31.9. The third-order valence-electron chi connectivity index (χ3n) is 9.78. The van der Waals surface area contributed by atoms with E-state index in [1.165, 1.54) is 28.1 Å². The minimum absolute atomic E-state index is 0.342. The number of rotatable bonds is 9. The van der Waals surface area contributed by atoms with Gasteiger partial charge in [0.2, 0.25) is 0 Å². The predicted octanol–water partition coefficient (Wildman–Crippen LogP) is 11.9. The fraction of sp³-hybridized carbons (Fsp3) is 0.0851. The summed E-state index contributed by atoms with van der Waals surface area (Å²) in [5.41, 5.74) is 11.2. The molecular weight excluding hydrogens is 621 g/mol. The topological polar surface area (TPSA) is 54.6 Å². The van der Waals surface area contributed by atoms with Crippen LogP contribution in [0.4, 0.5) is 0 Å². The molecule has 51 heavy (non-hydrogen) atoms. The zero-order chi connectivity index (χ0) is 34.6. The van der Waals surface area contributed by atoms with Crippen molar-refractivity contribution in [3.05, 3.63) is 187 Å². The van der Waals surface area contributed by atoms with Gasteiger partial charge in [0.25, 0.3) is 0 Å². The van der Waals surface area contributed by atoms with E-state index in [-0.39, 0.29) is 0 Å². The Labute approximate surface area is 298 Å². The average molecular weight is 659 g/mol. The van der Waals surface area contributed by atoms with Crippen molar-refractivity contribution in [2.45, 2.75) is 25.7 Å². The van der Waals surface area contributed by atoms with Crippen LogP contribution in [0, 0.1) is 5.41 Å². The zero-order valence-corrected chi connectivity index (χ0v) is 28.6. The normalized spacial score (nSPS) is 14.8. The van der Waals surface area contributed by atoms with Gasteiger partial charge in [0.05, 0.1) is 11.0 Å². The zero-order valence-electron chi connectivity index (χ0n) is 28.6. The minimum atomic E-state index is 0.342. The number of nitrogens with zero attached hydrogens (tertiary/aromatic N) is 3. The molecule has 8 rings (SSSR count). The van der Waals surface area contributed by atoms with Gasteiger partial charge >= 0.3 is 0 Å². The number of hydrogen-bond acceptors (Lipinski definition) is 3. The largest absolute Gasteiger partial charge is 0.309 e. The van der Waals surface area contributed by atoms with Gasteiger partial charge in [0.1, 0.15) is 0 Å². The number of allylic oxidation sites excluding steroid dienone is 9. The van der Waals surface area contributed by atoms with Gasteiger partial charge in [-0.25, -0.2) is 0 Å². The van der Waals surface area contributed by atoms with Crippen LogP contribution in [0.3, 0.4) is 0 Å². The van der Waals surface area contributed by atoms with Crippen LogP contribution in [-0.2, 0) is 6.42 Å². The number of para-hydroxylation sites is 1. The quantitative estimate of drug-likeness (QED) is 0.124. The SMILES string of the molecule is C/C=C\C=C/c1ccc2cc(-c3cncc(C/C=C(\C=N)c4ccc5c(c4)c4cnccc4n5-c4ccccc4)c3)ccc2c1C1C=CC=CC1. The lowest BCUT2D eigenvalue weighted by atomic mass is 9.84. The summed E-state index contributed by atoms with van der Waals surface area (Å²) in [6.07, 6.45) is 30.2. The maximum absolute atomic E-state index is 8.34. The van der Waals surface area contributed by atoms with Crippen molar-refractivity contribution in [1.29, 1.82) is 5.41 Å². The number of benzene rings is 4. The molecule has 0 saturated heterocycles. The van der Waals surface area contributed by atoms with Crippen LogP contribution >= 0.6 is 0 Å². The molecule has 0 radical (unpaired) electrons. The van der Waals surface area contributed by atoms with E-state index in [4.69, 9.17) is 5.41 Å². The first-order valence-corrected chi connectivity index (χ1v) is 17.5. The Morgan fingerprint density at radius 3 is 2.55 bits per heavy atom. The van der Waals surface area contributed by atoms with Crippen molar-refractivity contribution < 1.29 is 0 Å². The predicted molar refractivity (Wildman–Crippen MR) is 216 cm³/mol. The van der Waals surface area contributed by atoms with Gasteiger partial charge in [0, 0.05) is 58.9 Å². The van der Waals surface area contributed by atoms with Gasteiger partial charge in [-0.05, 0) is 106 Å². The van der Waals surface area contributed by atoms with Gasteiger partial charge < -0.3 is 9.98 Å². The Kier molecular flexibility index (Phi) is 8.88. The third-order valence-corrected chi connectivity index (χ3v) is 9.78. The summed E-state index contributed by atoms with van der Waals surface area (Å²) in [5.74, 6) is 0.342. The molecule has 3 aromatic heterocycles. The molecule has 1 atom stereocenters. The molecule has 7 aromatic rings. The van der Waals surface area contributed by atoms with E-state index in [1.54, 1.807) is 0 Å². The second-order valence-corrected chi connectivity index (χ2v) is 12.9. The molecule has 0 spiro atoms. The minimum Gasteiger partial charge on any atom is -0.309 e. The lowest BCUT2D eigenvalue weighted by Gasteiger charge is -2.20. The molecule has 1 aliphatic carbocycles. The molecule has 1 N–H and O–H groups in total. The molecule has 4 nitrogen and oxygen atoms in total. The first-order valence-electron chi connectivity index (χ1n) is 17.5. The molecule has 0 fully saturated rings. The standard InChI is InChI=1S/C47H38N4/c1-2-3-6-11-35-18-19-38-27-36(20-22-42(38)47(35)34-12-7-4-8-13-34)40-26-33(30-50-31-40)16-17-39(29-48)37-21-23-45-43(28-37)44-32-49-25-24-46(44)51(45)41-14-9-5-10-15-41/h2-12,14-15,17-32,34,48H,13,16H2,1H3/b3-2-,11-6-,39-17+,48-29?. The number of nitrogens with one attached hydrogen (secondary N) is 1. The lowest BCUT2D eigenvalue weighted by molar-refractivity contribution is 0.860. The summed E-state index contributed by atoms with van der Waals surface area (Å²) in [7, 11) is 0. The van der Waals surface area contributed by atoms with Crippen molar-refractivity contribution in [2.75, 3.05) is 0 Å². The van der Waals surface area contributed by atoms with E-state index in [0.29, 0.717) is 12.3 Å².